The van der Waals surface area contributed by atoms with Gasteiger partial charge in [-0.15, -0.1) is 0 Å². The van der Waals surface area contributed by atoms with Crippen LogP contribution in [0.1, 0.15) is 20.8 Å². The molecular formula is C12H15BrN4O2. The van der Waals surface area contributed by atoms with E-state index < -0.39 is 11.7 Å². The topological polar surface area (TPSA) is 59.7 Å². The highest BCUT2D eigenvalue weighted by Crippen LogP contribution is 2.21. The number of hydrogen-bond donors (Lipinski definition) is 0. The SMILES string of the molecule is CN(C(=O)OC(C)(C)C)c1nc(Br)cn2ccnc12. The Labute approximate surface area is 119 Å². The van der Waals surface area contributed by atoms with Gasteiger partial charge < -0.3 is 9.14 Å². The van der Waals surface area contributed by atoms with Gasteiger partial charge in [0.05, 0.1) is 0 Å². The Kier molecular flexibility index (Phi) is 3.49. The number of rotatable bonds is 1. The van der Waals surface area contributed by atoms with Crippen molar-refractivity contribution in [2.24, 2.45) is 0 Å². The minimum absolute atomic E-state index is 0.439. The predicted molar refractivity (Wildman–Crippen MR) is 75.3 cm³/mol. The molecule has 1 amide bonds. The van der Waals surface area contributed by atoms with Crippen molar-refractivity contribution in [1.82, 2.24) is 14.4 Å². The van der Waals surface area contributed by atoms with Crippen LogP contribution in [0.2, 0.25) is 0 Å². The van der Waals surface area contributed by atoms with Crippen LogP contribution in [0.4, 0.5) is 10.6 Å². The molecule has 0 spiro atoms. The van der Waals surface area contributed by atoms with Crippen molar-refractivity contribution in [3.8, 4) is 0 Å². The molecule has 2 heterocycles. The second kappa shape index (κ2) is 4.80. The standard InChI is InChI=1S/C12H15BrN4O2/c1-12(2,3)19-11(18)16(4)10-9-14-5-6-17(9)7-8(13)15-10/h5-7H,1-4H3. The lowest BCUT2D eigenvalue weighted by atomic mass is 10.2. The average molecular weight is 327 g/mol. The molecule has 2 rings (SSSR count). The van der Waals surface area contributed by atoms with Crippen LogP contribution in [-0.4, -0.2) is 33.1 Å². The molecule has 0 bridgehead atoms. The Morgan fingerprint density at radius 3 is 2.79 bits per heavy atom. The second-order valence-corrected chi connectivity index (χ2v) is 5.90. The lowest BCUT2D eigenvalue weighted by molar-refractivity contribution is 0.0588. The number of aromatic nitrogens is 3. The molecule has 6 nitrogen and oxygen atoms in total. The van der Waals surface area contributed by atoms with Crippen molar-refractivity contribution in [1.29, 1.82) is 0 Å². The number of fused-ring (bicyclic) bond motifs is 1. The Balaban J connectivity index is 2.38. The van der Waals surface area contributed by atoms with Gasteiger partial charge >= 0.3 is 6.09 Å². The summed E-state index contributed by atoms with van der Waals surface area (Å²) in [5.74, 6) is 0.439. The van der Waals surface area contributed by atoms with Gasteiger partial charge in [0.15, 0.2) is 11.5 Å². The molecule has 0 aromatic carbocycles. The van der Waals surface area contributed by atoms with E-state index in [9.17, 15) is 4.79 Å². The molecule has 0 aliphatic rings. The van der Waals surface area contributed by atoms with Crippen LogP contribution in [0.5, 0.6) is 0 Å². The van der Waals surface area contributed by atoms with E-state index in [0.29, 0.717) is 16.1 Å². The summed E-state index contributed by atoms with van der Waals surface area (Å²) in [6.07, 6.45) is 4.74. The third-order valence-corrected chi connectivity index (χ3v) is 2.69. The first-order valence-corrected chi connectivity index (χ1v) is 6.53. The highest BCUT2D eigenvalue weighted by Gasteiger charge is 2.23. The predicted octanol–water partition coefficient (Wildman–Crippen LogP) is 2.86. The maximum atomic E-state index is 12.0. The van der Waals surface area contributed by atoms with Crippen LogP contribution in [-0.2, 0) is 4.74 Å². The van der Waals surface area contributed by atoms with Gasteiger partial charge in [0, 0.05) is 25.6 Å². The van der Waals surface area contributed by atoms with Crippen molar-refractivity contribution in [3.63, 3.8) is 0 Å². The van der Waals surface area contributed by atoms with Gasteiger partial charge in [-0.05, 0) is 36.7 Å². The molecule has 0 radical (unpaired) electrons. The summed E-state index contributed by atoms with van der Waals surface area (Å²) in [5, 5.41) is 0. The van der Waals surface area contributed by atoms with Crippen LogP contribution in [0.3, 0.4) is 0 Å². The summed E-state index contributed by atoms with van der Waals surface area (Å²) in [7, 11) is 1.61. The number of carbonyl (C=O) groups is 1. The van der Waals surface area contributed by atoms with Gasteiger partial charge in [0.25, 0.3) is 0 Å². The third kappa shape index (κ3) is 3.04. The van der Waals surface area contributed by atoms with E-state index in [0.717, 1.165) is 0 Å². The van der Waals surface area contributed by atoms with E-state index in [1.54, 1.807) is 30.0 Å². The van der Waals surface area contributed by atoms with Gasteiger partial charge in [-0.1, -0.05) is 0 Å². The van der Waals surface area contributed by atoms with Crippen molar-refractivity contribution in [2.45, 2.75) is 26.4 Å². The van der Waals surface area contributed by atoms with Gasteiger partial charge in [-0.2, -0.15) is 0 Å². The van der Waals surface area contributed by atoms with Crippen molar-refractivity contribution in [2.75, 3.05) is 11.9 Å². The largest absolute Gasteiger partial charge is 0.443 e. The smallest absolute Gasteiger partial charge is 0.415 e. The van der Waals surface area contributed by atoms with Crippen molar-refractivity contribution < 1.29 is 9.53 Å². The zero-order chi connectivity index (χ0) is 14.2. The van der Waals surface area contributed by atoms with Gasteiger partial charge in [0.2, 0.25) is 0 Å². The van der Waals surface area contributed by atoms with E-state index in [1.165, 1.54) is 4.90 Å². The Bertz CT molecular complexity index is 618. The molecule has 0 aliphatic heterocycles. The molecule has 0 aliphatic carbocycles. The van der Waals surface area contributed by atoms with E-state index in [2.05, 4.69) is 25.9 Å². The van der Waals surface area contributed by atoms with E-state index in [-0.39, 0.29) is 0 Å². The van der Waals surface area contributed by atoms with E-state index >= 15 is 0 Å². The Morgan fingerprint density at radius 2 is 2.16 bits per heavy atom. The minimum Gasteiger partial charge on any atom is -0.443 e. The first kappa shape index (κ1) is 13.8. The van der Waals surface area contributed by atoms with Crippen LogP contribution >= 0.6 is 15.9 Å². The first-order valence-electron chi connectivity index (χ1n) is 5.74. The number of hydrogen-bond acceptors (Lipinski definition) is 4. The molecule has 0 unspecified atom stereocenters. The summed E-state index contributed by atoms with van der Waals surface area (Å²) in [5.41, 5.74) is 0.0415. The summed E-state index contributed by atoms with van der Waals surface area (Å²) in [4.78, 5) is 21.9. The summed E-state index contributed by atoms with van der Waals surface area (Å²) in [6.45, 7) is 5.45. The quantitative estimate of drug-likeness (QED) is 0.808. The molecule has 2 aromatic rings. The summed E-state index contributed by atoms with van der Waals surface area (Å²) < 4.78 is 7.71. The molecule has 102 valence electrons. The summed E-state index contributed by atoms with van der Waals surface area (Å²) in [6, 6.07) is 0. The highest BCUT2D eigenvalue weighted by atomic mass is 79.9. The molecule has 0 saturated heterocycles. The number of amides is 1. The fourth-order valence-electron chi connectivity index (χ4n) is 1.53. The average Bonchev–Trinajstić information content (AvgIpc) is 2.72. The van der Waals surface area contributed by atoms with Gasteiger partial charge in [-0.3, -0.25) is 4.90 Å². The normalized spacial score (nSPS) is 11.6. The zero-order valence-corrected chi connectivity index (χ0v) is 12.8. The molecular weight excluding hydrogens is 312 g/mol. The van der Waals surface area contributed by atoms with Crippen LogP contribution < -0.4 is 4.90 Å². The number of ether oxygens (including phenoxy) is 1. The minimum atomic E-state index is -0.553. The van der Waals surface area contributed by atoms with Crippen molar-refractivity contribution in [3.05, 3.63) is 23.2 Å². The van der Waals surface area contributed by atoms with Crippen molar-refractivity contribution >= 4 is 33.5 Å². The fraction of sp³-hybridized carbons (Fsp3) is 0.417. The third-order valence-electron chi connectivity index (χ3n) is 2.31. The molecule has 7 heteroatoms. The number of halogens is 1. The van der Waals surface area contributed by atoms with Gasteiger partial charge in [-0.25, -0.2) is 14.8 Å². The number of imidazole rings is 1. The summed E-state index contributed by atoms with van der Waals surface area (Å²) >= 11 is 3.31. The van der Waals surface area contributed by atoms with E-state index in [1.807, 2.05) is 20.8 Å². The van der Waals surface area contributed by atoms with Gasteiger partial charge in [0.1, 0.15) is 10.2 Å². The molecule has 2 aromatic heterocycles. The highest BCUT2D eigenvalue weighted by molar-refractivity contribution is 9.10. The molecule has 19 heavy (non-hydrogen) atoms. The monoisotopic (exact) mass is 326 g/mol. The van der Waals surface area contributed by atoms with Crippen LogP contribution in [0.25, 0.3) is 5.65 Å². The Morgan fingerprint density at radius 1 is 1.47 bits per heavy atom. The first-order chi connectivity index (χ1) is 8.78. The zero-order valence-electron chi connectivity index (χ0n) is 11.2. The molecule has 0 atom stereocenters. The second-order valence-electron chi connectivity index (χ2n) is 5.08. The lowest BCUT2D eigenvalue weighted by Gasteiger charge is -2.24. The molecule has 0 N–H and O–H groups in total. The lowest BCUT2D eigenvalue weighted by Crippen LogP contribution is -2.35. The molecule has 0 fully saturated rings. The van der Waals surface area contributed by atoms with Crippen LogP contribution in [0.15, 0.2) is 23.2 Å². The number of carbonyl (C=O) groups excluding carboxylic acids is 1. The molecule has 0 saturated carbocycles. The van der Waals surface area contributed by atoms with Crippen LogP contribution in [0, 0.1) is 0 Å². The maximum Gasteiger partial charge on any atom is 0.415 e. The number of nitrogens with zero attached hydrogens (tertiary/aromatic N) is 4. The van der Waals surface area contributed by atoms with E-state index in [4.69, 9.17) is 4.74 Å². The fourth-order valence-corrected chi connectivity index (χ4v) is 1.92. The maximum absolute atomic E-state index is 12.0. The Hall–Kier alpha value is -1.63. The number of anilines is 1.